The fraction of sp³-hybridized carbons (Fsp3) is 1.00. The molecule has 20 heavy (non-hydrogen) atoms. The van der Waals surface area contributed by atoms with Crippen LogP contribution in [-0.4, -0.2) is 33.0 Å². The van der Waals surface area contributed by atoms with Gasteiger partial charge < -0.3 is 9.47 Å². The van der Waals surface area contributed by atoms with Gasteiger partial charge in [0.2, 0.25) is 0 Å². The zero-order chi connectivity index (χ0) is 14.6. The van der Waals surface area contributed by atoms with Crippen LogP contribution in [0.15, 0.2) is 0 Å². The van der Waals surface area contributed by atoms with Crippen molar-refractivity contribution in [1.29, 1.82) is 0 Å². The van der Waals surface area contributed by atoms with Crippen molar-refractivity contribution in [3.05, 3.63) is 0 Å². The van der Waals surface area contributed by atoms with E-state index in [9.17, 15) is 8.42 Å². The first kappa shape index (κ1) is 14.7. The number of hydrogen-bond acceptors (Lipinski definition) is 5. The molecule has 1 aliphatic heterocycles. The SMILES string of the molecule is CC1(C)O[C@@H]2[C@@H](CC[C@@]3(COS(N)(=O)=O)CCC[C@@H]23)O1. The molecular weight excluding hydrogens is 282 g/mol. The highest BCUT2D eigenvalue weighted by Gasteiger charge is 2.57. The fourth-order valence-electron chi connectivity index (χ4n) is 4.30. The molecule has 7 heteroatoms. The molecule has 2 saturated carbocycles. The van der Waals surface area contributed by atoms with E-state index in [1.165, 1.54) is 0 Å². The second kappa shape index (κ2) is 4.64. The van der Waals surface area contributed by atoms with Crippen LogP contribution in [0.5, 0.6) is 0 Å². The predicted octanol–water partition coefficient (Wildman–Crippen LogP) is 1.31. The Morgan fingerprint density at radius 2 is 2.00 bits per heavy atom. The Labute approximate surface area is 120 Å². The maximum absolute atomic E-state index is 11.1. The minimum atomic E-state index is -3.88. The van der Waals surface area contributed by atoms with Crippen LogP contribution in [0.1, 0.15) is 46.0 Å². The van der Waals surface area contributed by atoms with Crippen LogP contribution in [0.2, 0.25) is 0 Å². The van der Waals surface area contributed by atoms with Crippen LogP contribution in [0, 0.1) is 11.3 Å². The molecule has 2 aliphatic carbocycles. The zero-order valence-corrected chi connectivity index (χ0v) is 12.8. The van der Waals surface area contributed by atoms with Gasteiger partial charge in [0.1, 0.15) is 0 Å². The Bertz CT molecular complexity index is 491. The lowest BCUT2D eigenvalue weighted by Crippen LogP contribution is -2.47. The lowest BCUT2D eigenvalue weighted by atomic mass is 9.66. The molecule has 0 aromatic rings. The molecule has 116 valence electrons. The van der Waals surface area contributed by atoms with E-state index in [1.807, 2.05) is 13.8 Å². The van der Waals surface area contributed by atoms with Gasteiger partial charge in [0.05, 0.1) is 18.8 Å². The molecule has 3 aliphatic rings. The first-order valence-corrected chi connectivity index (χ1v) is 8.71. The summed E-state index contributed by atoms with van der Waals surface area (Å²) in [7, 11) is -3.88. The van der Waals surface area contributed by atoms with Gasteiger partial charge >= 0.3 is 10.3 Å². The minimum Gasteiger partial charge on any atom is -0.345 e. The summed E-state index contributed by atoms with van der Waals surface area (Å²) < 4.78 is 39.1. The van der Waals surface area contributed by atoms with Crippen LogP contribution >= 0.6 is 0 Å². The summed E-state index contributed by atoms with van der Waals surface area (Å²) in [4.78, 5) is 0. The van der Waals surface area contributed by atoms with Crippen molar-refractivity contribution in [2.24, 2.45) is 16.5 Å². The largest absolute Gasteiger partial charge is 0.345 e. The molecule has 0 unspecified atom stereocenters. The van der Waals surface area contributed by atoms with Crippen molar-refractivity contribution in [3.8, 4) is 0 Å². The monoisotopic (exact) mass is 305 g/mol. The van der Waals surface area contributed by atoms with E-state index < -0.39 is 16.1 Å². The number of ether oxygens (including phenoxy) is 2. The van der Waals surface area contributed by atoms with E-state index in [0.29, 0.717) is 5.92 Å². The molecule has 2 N–H and O–H groups in total. The third kappa shape index (κ3) is 2.62. The van der Waals surface area contributed by atoms with E-state index in [-0.39, 0.29) is 24.2 Å². The van der Waals surface area contributed by atoms with E-state index >= 15 is 0 Å². The topological polar surface area (TPSA) is 87.9 Å². The summed E-state index contributed by atoms with van der Waals surface area (Å²) in [6.07, 6.45) is 5.05. The van der Waals surface area contributed by atoms with Gasteiger partial charge in [0, 0.05) is 5.41 Å². The quantitative estimate of drug-likeness (QED) is 0.849. The van der Waals surface area contributed by atoms with Gasteiger partial charge in [0.15, 0.2) is 5.79 Å². The van der Waals surface area contributed by atoms with Crippen LogP contribution < -0.4 is 5.14 Å². The Kier molecular flexibility index (Phi) is 3.42. The Morgan fingerprint density at radius 1 is 1.25 bits per heavy atom. The minimum absolute atomic E-state index is 0.0466. The van der Waals surface area contributed by atoms with Crippen molar-refractivity contribution in [2.45, 2.75) is 63.9 Å². The van der Waals surface area contributed by atoms with Crippen LogP contribution in [0.3, 0.4) is 0 Å². The molecule has 3 fully saturated rings. The van der Waals surface area contributed by atoms with Crippen LogP contribution in [0.4, 0.5) is 0 Å². The zero-order valence-electron chi connectivity index (χ0n) is 12.0. The molecule has 0 amide bonds. The molecule has 3 rings (SSSR count). The molecule has 6 nitrogen and oxygen atoms in total. The molecule has 0 aromatic carbocycles. The van der Waals surface area contributed by atoms with Gasteiger partial charge in [-0.3, -0.25) is 4.18 Å². The average molecular weight is 305 g/mol. The normalized spacial score (nSPS) is 43.2. The van der Waals surface area contributed by atoms with Crippen LogP contribution in [0.25, 0.3) is 0 Å². The Hall–Kier alpha value is -0.210. The fourth-order valence-corrected chi connectivity index (χ4v) is 4.70. The average Bonchev–Trinajstić information content (AvgIpc) is 2.85. The maximum atomic E-state index is 11.1. The Morgan fingerprint density at radius 3 is 2.70 bits per heavy atom. The molecule has 4 atom stereocenters. The van der Waals surface area contributed by atoms with Gasteiger partial charge in [-0.05, 0) is 45.4 Å². The molecule has 1 heterocycles. The standard InChI is InChI=1S/C13H23NO5S/c1-12(2)18-10-5-7-13(8-17-20(14,15)16)6-3-4-9(13)11(10)19-12/h9-11H,3-8H2,1-2H3,(H2,14,15,16)/t9-,10+,11-,13+/m0/s1. The van der Waals surface area contributed by atoms with Crippen molar-refractivity contribution in [2.75, 3.05) is 6.61 Å². The van der Waals surface area contributed by atoms with Gasteiger partial charge in [-0.15, -0.1) is 0 Å². The lowest BCUT2D eigenvalue weighted by Gasteiger charge is -2.43. The van der Waals surface area contributed by atoms with E-state index in [1.54, 1.807) is 0 Å². The number of nitrogens with two attached hydrogens (primary N) is 1. The predicted molar refractivity (Wildman–Crippen MR) is 71.9 cm³/mol. The molecular formula is C13H23NO5S. The number of fused-ring (bicyclic) bond motifs is 3. The van der Waals surface area contributed by atoms with Gasteiger partial charge in [-0.1, -0.05) is 6.42 Å². The molecule has 0 spiro atoms. The smallest absolute Gasteiger partial charge is 0.333 e. The third-order valence-electron chi connectivity index (χ3n) is 5.03. The van der Waals surface area contributed by atoms with Crippen molar-refractivity contribution in [1.82, 2.24) is 0 Å². The summed E-state index contributed by atoms with van der Waals surface area (Å²) in [6, 6.07) is 0. The third-order valence-corrected chi connectivity index (χ3v) is 5.48. The first-order valence-electron chi connectivity index (χ1n) is 7.24. The van der Waals surface area contributed by atoms with Gasteiger partial charge in [-0.25, -0.2) is 5.14 Å². The molecule has 1 saturated heterocycles. The van der Waals surface area contributed by atoms with E-state index in [2.05, 4.69) is 0 Å². The highest BCUT2D eigenvalue weighted by atomic mass is 32.2. The van der Waals surface area contributed by atoms with E-state index in [0.717, 1.165) is 32.1 Å². The van der Waals surface area contributed by atoms with Gasteiger partial charge in [0.25, 0.3) is 0 Å². The van der Waals surface area contributed by atoms with Crippen molar-refractivity contribution >= 4 is 10.3 Å². The van der Waals surface area contributed by atoms with Crippen LogP contribution in [-0.2, 0) is 24.0 Å². The highest BCUT2D eigenvalue weighted by Crippen LogP contribution is 2.56. The summed E-state index contributed by atoms with van der Waals surface area (Å²) >= 11 is 0. The summed E-state index contributed by atoms with van der Waals surface area (Å²) in [5, 5.41) is 4.98. The summed E-state index contributed by atoms with van der Waals surface area (Å²) in [5.74, 6) is -0.251. The lowest BCUT2D eigenvalue weighted by molar-refractivity contribution is -0.151. The second-order valence-electron chi connectivity index (χ2n) is 6.79. The highest BCUT2D eigenvalue weighted by molar-refractivity contribution is 7.84. The first-order chi connectivity index (χ1) is 9.21. The maximum Gasteiger partial charge on any atom is 0.333 e. The van der Waals surface area contributed by atoms with Crippen molar-refractivity contribution in [3.63, 3.8) is 0 Å². The molecule has 0 aromatic heterocycles. The number of hydrogen-bond donors (Lipinski definition) is 1. The molecule has 0 bridgehead atoms. The van der Waals surface area contributed by atoms with Crippen molar-refractivity contribution < 1.29 is 22.1 Å². The molecule has 0 radical (unpaired) electrons. The Balaban J connectivity index is 1.79. The number of rotatable bonds is 3. The summed E-state index contributed by atoms with van der Waals surface area (Å²) in [6.45, 7) is 4.04. The van der Waals surface area contributed by atoms with E-state index in [4.69, 9.17) is 18.8 Å². The summed E-state index contributed by atoms with van der Waals surface area (Å²) in [5.41, 5.74) is -0.128. The van der Waals surface area contributed by atoms with Gasteiger partial charge in [-0.2, -0.15) is 8.42 Å². The second-order valence-corrected chi connectivity index (χ2v) is 8.01.